The van der Waals surface area contributed by atoms with Gasteiger partial charge in [0.05, 0.1) is 16.5 Å². The van der Waals surface area contributed by atoms with E-state index in [0.717, 1.165) is 25.1 Å². The van der Waals surface area contributed by atoms with Crippen molar-refractivity contribution in [1.82, 2.24) is 4.57 Å². The van der Waals surface area contributed by atoms with Crippen LogP contribution in [0.25, 0.3) is 22.0 Å². The van der Waals surface area contributed by atoms with Crippen LogP contribution < -0.4 is 5.43 Å². The first kappa shape index (κ1) is 16.3. The first-order valence-corrected chi connectivity index (χ1v) is 7.98. The van der Waals surface area contributed by atoms with E-state index in [9.17, 15) is 24.2 Å². The van der Waals surface area contributed by atoms with Gasteiger partial charge >= 0.3 is 5.97 Å². The molecule has 0 atom stereocenters. The van der Waals surface area contributed by atoms with E-state index in [0.29, 0.717) is 0 Å². The van der Waals surface area contributed by atoms with Crippen molar-refractivity contribution in [3.05, 3.63) is 63.9 Å². The van der Waals surface area contributed by atoms with Gasteiger partial charge in [-0.3, -0.25) is 4.79 Å². The quantitative estimate of drug-likeness (QED) is 0.749. The second-order valence-corrected chi connectivity index (χ2v) is 6.31. The van der Waals surface area contributed by atoms with E-state index in [-0.39, 0.29) is 33.8 Å². The van der Waals surface area contributed by atoms with E-state index in [4.69, 9.17) is 0 Å². The molecular formula is C19H13F2NO4. The number of halogens is 2. The zero-order chi connectivity index (χ0) is 18.6. The maximum Gasteiger partial charge on any atom is 0.341 e. The van der Waals surface area contributed by atoms with Crippen molar-refractivity contribution in [2.45, 2.75) is 18.9 Å². The number of pyridine rings is 1. The molecule has 7 heteroatoms. The monoisotopic (exact) mass is 357 g/mol. The highest BCUT2D eigenvalue weighted by atomic mass is 19.1. The molecule has 1 aliphatic carbocycles. The Hall–Kier alpha value is -3.22. The topological polar surface area (TPSA) is 79.5 Å². The van der Waals surface area contributed by atoms with E-state index in [1.54, 1.807) is 0 Å². The lowest BCUT2D eigenvalue weighted by molar-refractivity contribution is 0.0694. The molecule has 0 spiro atoms. The first-order valence-electron chi connectivity index (χ1n) is 7.98. The summed E-state index contributed by atoms with van der Waals surface area (Å²) in [4.78, 5) is 23.7. The van der Waals surface area contributed by atoms with Crippen molar-refractivity contribution in [2.75, 3.05) is 0 Å². The molecule has 4 rings (SSSR count). The molecule has 1 fully saturated rings. The summed E-state index contributed by atoms with van der Waals surface area (Å²) in [6.07, 6.45) is 2.58. The molecule has 0 aliphatic heterocycles. The number of hydrogen-bond acceptors (Lipinski definition) is 3. The molecule has 5 nitrogen and oxygen atoms in total. The van der Waals surface area contributed by atoms with Crippen LogP contribution >= 0.6 is 0 Å². The summed E-state index contributed by atoms with van der Waals surface area (Å²) in [5.41, 5.74) is -1.65. The minimum atomic E-state index is -1.44. The second-order valence-electron chi connectivity index (χ2n) is 6.31. The minimum absolute atomic E-state index is 0.0451. The molecule has 1 aliphatic rings. The van der Waals surface area contributed by atoms with Gasteiger partial charge in [-0.25, -0.2) is 13.6 Å². The molecule has 0 bridgehead atoms. The summed E-state index contributed by atoms with van der Waals surface area (Å²) >= 11 is 0. The SMILES string of the molecule is O=C(O)c1cn(C2CC2)c2c(F)c(-c3ccc(O)cc3)c(F)cc2c1=O. The van der Waals surface area contributed by atoms with Gasteiger partial charge in [-0.1, -0.05) is 12.1 Å². The number of hydrogen-bond donors (Lipinski definition) is 2. The molecule has 2 N–H and O–H groups in total. The van der Waals surface area contributed by atoms with Crippen molar-refractivity contribution in [3.63, 3.8) is 0 Å². The van der Waals surface area contributed by atoms with Crippen LogP contribution in [0.2, 0.25) is 0 Å². The Kier molecular flexibility index (Phi) is 3.54. The average Bonchev–Trinajstić information content (AvgIpc) is 3.42. The smallest absolute Gasteiger partial charge is 0.341 e. The number of carboxylic acid groups (broad SMARTS) is 1. The number of carbonyl (C=O) groups is 1. The number of fused-ring (bicyclic) bond motifs is 1. The number of phenolic OH excluding ortho intramolecular Hbond substituents is 1. The Morgan fingerprint density at radius 3 is 2.38 bits per heavy atom. The van der Waals surface area contributed by atoms with E-state index in [1.165, 1.54) is 28.8 Å². The fourth-order valence-electron chi connectivity index (χ4n) is 3.13. The molecule has 26 heavy (non-hydrogen) atoms. The number of aromatic carboxylic acids is 1. The van der Waals surface area contributed by atoms with E-state index < -0.39 is 28.6 Å². The summed E-state index contributed by atoms with van der Waals surface area (Å²) in [6, 6.07) is 6.11. The number of benzene rings is 2. The van der Waals surface area contributed by atoms with Gasteiger partial charge in [-0.15, -0.1) is 0 Å². The molecule has 1 saturated carbocycles. The van der Waals surface area contributed by atoms with Gasteiger partial charge in [-0.2, -0.15) is 0 Å². The minimum Gasteiger partial charge on any atom is -0.508 e. The number of phenols is 1. The number of aromatic nitrogens is 1. The van der Waals surface area contributed by atoms with Gasteiger partial charge in [0, 0.05) is 12.2 Å². The van der Waals surface area contributed by atoms with E-state index >= 15 is 4.39 Å². The molecule has 2 aromatic carbocycles. The average molecular weight is 357 g/mol. The lowest BCUT2D eigenvalue weighted by Gasteiger charge is -2.15. The van der Waals surface area contributed by atoms with Crippen LogP contribution in [0.1, 0.15) is 29.2 Å². The number of nitrogens with zero attached hydrogens (tertiary/aromatic N) is 1. The van der Waals surface area contributed by atoms with Crippen LogP contribution in [-0.2, 0) is 0 Å². The zero-order valence-electron chi connectivity index (χ0n) is 13.4. The van der Waals surface area contributed by atoms with Crippen LogP contribution in [0.3, 0.4) is 0 Å². The third kappa shape index (κ3) is 2.44. The van der Waals surface area contributed by atoms with Crippen molar-refractivity contribution in [2.24, 2.45) is 0 Å². The fourth-order valence-corrected chi connectivity index (χ4v) is 3.13. The Bertz CT molecular complexity index is 1120. The van der Waals surface area contributed by atoms with Crippen LogP contribution in [0.5, 0.6) is 5.75 Å². The third-order valence-corrected chi connectivity index (χ3v) is 4.53. The molecule has 0 radical (unpaired) electrons. The molecule has 0 amide bonds. The Morgan fingerprint density at radius 2 is 1.81 bits per heavy atom. The largest absolute Gasteiger partial charge is 0.508 e. The Morgan fingerprint density at radius 1 is 1.15 bits per heavy atom. The van der Waals surface area contributed by atoms with Crippen molar-refractivity contribution >= 4 is 16.9 Å². The standard InChI is InChI=1S/C19H13F2NO4/c20-14-7-12-17(16(21)15(14)9-1-5-11(23)6-2-9)22(10-3-4-10)8-13(18(12)24)19(25)26/h1-2,5-8,10,23H,3-4H2,(H,25,26). The summed E-state index contributed by atoms with van der Waals surface area (Å²) in [5, 5.41) is 18.3. The Balaban J connectivity index is 2.10. The Labute approximate surface area is 145 Å². The molecule has 1 heterocycles. The number of aromatic hydroxyl groups is 1. The molecule has 0 unspecified atom stereocenters. The highest BCUT2D eigenvalue weighted by Gasteiger charge is 2.30. The zero-order valence-corrected chi connectivity index (χ0v) is 13.4. The van der Waals surface area contributed by atoms with Crippen molar-refractivity contribution < 1.29 is 23.8 Å². The predicted molar refractivity (Wildman–Crippen MR) is 90.5 cm³/mol. The summed E-state index contributed by atoms with van der Waals surface area (Å²) in [6.45, 7) is 0. The summed E-state index contributed by atoms with van der Waals surface area (Å²) in [7, 11) is 0. The van der Waals surface area contributed by atoms with Gasteiger partial charge in [0.15, 0.2) is 5.82 Å². The van der Waals surface area contributed by atoms with Crippen LogP contribution in [0.4, 0.5) is 8.78 Å². The van der Waals surface area contributed by atoms with E-state index in [2.05, 4.69) is 0 Å². The van der Waals surface area contributed by atoms with Crippen molar-refractivity contribution in [1.29, 1.82) is 0 Å². The normalized spacial score (nSPS) is 13.9. The van der Waals surface area contributed by atoms with Gasteiger partial charge in [0.1, 0.15) is 17.1 Å². The van der Waals surface area contributed by atoms with Gasteiger partial charge < -0.3 is 14.8 Å². The maximum absolute atomic E-state index is 15.3. The van der Waals surface area contributed by atoms with Gasteiger partial charge in [0.25, 0.3) is 0 Å². The molecule has 132 valence electrons. The third-order valence-electron chi connectivity index (χ3n) is 4.53. The highest BCUT2D eigenvalue weighted by Crippen LogP contribution is 2.39. The molecular weight excluding hydrogens is 344 g/mol. The van der Waals surface area contributed by atoms with Crippen molar-refractivity contribution in [3.8, 4) is 16.9 Å². The first-order chi connectivity index (χ1) is 12.4. The van der Waals surface area contributed by atoms with Crippen LogP contribution in [0.15, 0.2) is 41.3 Å². The van der Waals surface area contributed by atoms with Gasteiger partial charge in [0.2, 0.25) is 5.43 Å². The molecule has 0 saturated heterocycles. The predicted octanol–water partition coefficient (Wildman–Crippen LogP) is 3.69. The second kappa shape index (κ2) is 5.66. The van der Waals surface area contributed by atoms with Crippen LogP contribution in [-0.4, -0.2) is 20.7 Å². The highest BCUT2D eigenvalue weighted by molar-refractivity contribution is 5.94. The van der Waals surface area contributed by atoms with Gasteiger partial charge in [-0.05, 0) is 36.6 Å². The molecule has 3 aromatic rings. The van der Waals surface area contributed by atoms with E-state index in [1.807, 2.05) is 0 Å². The maximum atomic E-state index is 15.3. The number of rotatable bonds is 3. The fraction of sp³-hybridized carbons (Fsp3) is 0.158. The molecule has 1 aromatic heterocycles. The lowest BCUT2D eigenvalue weighted by atomic mass is 10.0. The number of carboxylic acids is 1. The summed E-state index contributed by atoms with van der Waals surface area (Å²) in [5.74, 6) is -3.37. The summed E-state index contributed by atoms with van der Waals surface area (Å²) < 4.78 is 31.3. The van der Waals surface area contributed by atoms with Crippen LogP contribution in [0, 0.1) is 11.6 Å². The lowest BCUT2D eigenvalue weighted by Crippen LogP contribution is -2.20.